The van der Waals surface area contributed by atoms with Crippen LogP contribution >= 0.6 is 0 Å². The van der Waals surface area contributed by atoms with Crippen LogP contribution < -0.4 is 0 Å². The summed E-state index contributed by atoms with van der Waals surface area (Å²) in [6.07, 6.45) is 13.4. The highest BCUT2D eigenvalue weighted by molar-refractivity contribution is 6.26. The lowest BCUT2D eigenvalue weighted by Gasteiger charge is -2.34. The van der Waals surface area contributed by atoms with Gasteiger partial charge in [-0.1, -0.05) is 172 Å². The van der Waals surface area contributed by atoms with E-state index in [2.05, 4.69) is 242 Å². The van der Waals surface area contributed by atoms with Gasteiger partial charge in [0.05, 0.1) is 28.1 Å². The minimum Gasteiger partial charge on any atom is -0.456 e. The van der Waals surface area contributed by atoms with Crippen molar-refractivity contribution in [1.82, 2.24) is 9.13 Å². The molecule has 0 amide bonds. The highest BCUT2D eigenvalue weighted by Crippen LogP contribution is 2.46. The van der Waals surface area contributed by atoms with Crippen molar-refractivity contribution < 1.29 is 4.42 Å². The van der Waals surface area contributed by atoms with E-state index in [-0.39, 0.29) is 23.8 Å². The van der Waals surface area contributed by atoms with Crippen LogP contribution in [-0.2, 0) is 0 Å². The Hall–Kier alpha value is -7.95. The van der Waals surface area contributed by atoms with Crippen LogP contribution in [0.2, 0.25) is 0 Å². The number of hydrogen-bond acceptors (Lipinski definition) is 2. The summed E-state index contributed by atoms with van der Waals surface area (Å²) in [6.45, 7) is 7.14. The zero-order valence-corrected chi connectivity index (χ0v) is 39.3. The monoisotopic (exact) mass is 891 g/mol. The van der Waals surface area contributed by atoms with Gasteiger partial charge in [0.2, 0.25) is 0 Å². The van der Waals surface area contributed by atoms with E-state index in [9.17, 15) is 0 Å². The van der Waals surface area contributed by atoms with E-state index in [0.717, 1.165) is 51.9 Å². The molecule has 0 bridgehead atoms. The second-order valence-electron chi connectivity index (χ2n) is 19.3. The molecular formula is C65H53N3O. The van der Waals surface area contributed by atoms with Gasteiger partial charge < -0.3 is 13.6 Å². The maximum atomic E-state index is 6.52. The minimum atomic E-state index is -0.123. The quantitative estimate of drug-likeness (QED) is 0.157. The Labute approximate surface area is 402 Å². The van der Waals surface area contributed by atoms with Gasteiger partial charge in [-0.15, -0.1) is 0 Å². The normalized spacial score (nSPS) is 20.5. The van der Waals surface area contributed by atoms with Crippen LogP contribution in [0, 0.1) is 17.8 Å². The Kier molecular flexibility index (Phi) is 9.97. The van der Waals surface area contributed by atoms with E-state index in [1.807, 2.05) is 0 Å². The average Bonchev–Trinajstić information content (AvgIpc) is 4.07. The first-order valence-electron chi connectivity index (χ1n) is 24.8. The molecular weight excluding hydrogens is 839 g/mol. The molecule has 0 saturated carbocycles. The molecule has 5 atom stereocenters. The molecule has 0 saturated heterocycles. The number of nitrogens with zero attached hydrogens (tertiary/aromatic N) is 3. The van der Waals surface area contributed by atoms with E-state index < -0.39 is 0 Å². The van der Waals surface area contributed by atoms with Gasteiger partial charge >= 0.3 is 0 Å². The fourth-order valence-electron chi connectivity index (χ4n) is 11.8. The molecule has 334 valence electrons. The predicted molar refractivity (Wildman–Crippen MR) is 290 cm³/mol. The van der Waals surface area contributed by atoms with E-state index in [4.69, 9.17) is 9.41 Å². The molecule has 1 aliphatic heterocycles. The molecule has 0 spiro atoms. The molecule has 0 radical (unpaired) electrons. The summed E-state index contributed by atoms with van der Waals surface area (Å²) in [6, 6.07) is 67.0. The molecule has 3 aromatic heterocycles. The van der Waals surface area contributed by atoms with Gasteiger partial charge in [-0.3, -0.25) is 4.99 Å². The Morgan fingerprint density at radius 2 is 1.25 bits per heavy atom. The molecule has 69 heavy (non-hydrogen) atoms. The summed E-state index contributed by atoms with van der Waals surface area (Å²) in [5, 5.41) is 7.30. The summed E-state index contributed by atoms with van der Waals surface area (Å²) in [7, 11) is 0. The molecule has 0 fully saturated rings. The van der Waals surface area contributed by atoms with Gasteiger partial charge in [-0.2, -0.15) is 0 Å². The first-order valence-corrected chi connectivity index (χ1v) is 24.8. The maximum absolute atomic E-state index is 6.52. The van der Waals surface area contributed by atoms with Crippen molar-refractivity contribution >= 4 is 76.8 Å². The number of allylic oxidation sites excluding steroid dienone is 6. The molecule has 0 N–H and O–H groups in total. The fourth-order valence-corrected chi connectivity index (χ4v) is 11.8. The first-order chi connectivity index (χ1) is 34.0. The molecule has 4 heteroatoms. The third kappa shape index (κ3) is 6.76. The fraction of sp³-hybridized carbons (Fsp3) is 0.154. The van der Waals surface area contributed by atoms with Crippen molar-refractivity contribution in [3.8, 4) is 11.4 Å². The molecule has 2 aliphatic rings. The zero-order valence-electron chi connectivity index (χ0n) is 39.3. The number of furan rings is 1. The van der Waals surface area contributed by atoms with Crippen LogP contribution in [0.1, 0.15) is 67.8 Å². The van der Waals surface area contributed by atoms with E-state index in [0.29, 0.717) is 5.92 Å². The second-order valence-corrected chi connectivity index (χ2v) is 19.3. The van der Waals surface area contributed by atoms with Crippen molar-refractivity contribution in [3.05, 3.63) is 235 Å². The molecule has 5 unspecified atom stereocenters. The Morgan fingerprint density at radius 3 is 2.04 bits per heavy atom. The molecule has 11 aromatic rings. The average molecular weight is 892 g/mol. The van der Waals surface area contributed by atoms with Crippen molar-refractivity contribution in [1.29, 1.82) is 0 Å². The van der Waals surface area contributed by atoms with Gasteiger partial charge in [-0.05, 0) is 113 Å². The maximum Gasteiger partial charge on any atom is 0.136 e. The van der Waals surface area contributed by atoms with Crippen molar-refractivity contribution in [2.45, 2.75) is 45.6 Å². The van der Waals surface area contributed by atoms with E-state index in [1.54, 1.807) is 0 Å². The molecule has 4 heterocycles. The highest BCUT2D eigenvalue weighted by atomic mass is 16.3. The third-order valence-electron chi connectivity index (χ3n) is 15.5. The van der Waals surface area contributed by atoms with Crippen LogP contribution in [-0.4, -0.2) is 14.8 Å². The van der Waals surface area contributed by atoms with Gasteiger partial charge in [0.25, 0.3) is 0 Å². The zero-order chi connectivity index (χ0) is 46.2. The number of fused-ring (bicyclic) bond motifs is 10. The number of hydrogen-bond donors (Lipinski definition) is 0. The number of benzene rings is 8. The lowest BCUT2D eigenvalue weighted by atomic mass is 9.75. The minimum absolute atomic E-state index is 0.0999. The summed E-state index contributed by atoms with van der Waals surface area (Å²) in [4.78, 5) is 6.00. The van der Waals surface area contributed by atoms with Crippen molar-refractivity contribution in [2.75, 3.05) is 0 Å². The first kappa shape index (κ1) is 41.3. The molecule has 1 aliphatic carbocycles. The Bertz CT molecular complexity index is 3910. The summed E-state index contributed by atoms with van der Waals surface area (Å²) in [5.74, 6) is 0.823. The number of rotatable bonds is 7. The molecule has 13 rings (SSSR count). The Morgan fingerprint density at radius 1 is 0.551 bits per heavy atom. The smallest absolute Gasteiger partial charge is 0.136 e. The van der Waals surface area contributed by atoms with E-state index >= 15 is 0 Å². The largest absolute Gasteiger partial charge is 0.456 e. The van der Waals surface area contributed by atoms with Crippen molar-refractivity contribution in [3.63, 3.8) is 0 Å². The van der Waals surface area contributed by atoms with Gasteiger partial charge in [-0.25, -0.2) is 0 Å². The van der Waals surface area contributed by atoms with E-state index in [1.165, 1.54) is 71.4 Å². The van der Waals surface area contributed by atoms with Crippen LogP contribution in [0.15, 0.2) is 222 Å². The number of aliphatic imine (C=N–C) groups is 1. The standard InChI is InChI=1S/C65H53N3O/c1-4-43-39-56(47-34-35-53-52-25-13-16-29-60(52)69-61(53)40-47)41(2)42(3)63(66-64(43)46-32-30-45(31-33-46)44-18-7-5-8-19-44)48-20-17-23-50(38-48)68-57-27-14-11-24-51(57)54-36-37-59-62(65(54)68)55-26-12-15-28-58(55)67(59)49-21-9-6-10-22-49/h5-18,20-44,63H,4,19H2,1-3H3/b56-39+,66-64?. The van der Waals surface area contributed by atoms with Crippen LogP contribution in [0.3, 0.4) is 0 Å². The van der Waals surface area contributed by atoms with Crippen LogP contribution in [0.25, 0.3) is 82.5 Å². The SMILES string of the molecule is CCC1/C=C(/c2ccc3c(c2)oc2ccccc23)C(C)C(C)C(c2cccc(-n3c4ccccc4c4ccc5c(c6ccccc6n5-c5ccccc5)c43)c2)N=C1c1ccc(C2C=CC=CC2)cc1. The third-order valence-corrected chi connectivity index (χ3v) is 15.5. The topological polar surface area (TPSA) is 35.4 Å². The predicted octanol–water partition coefficient (Wildman–Crippen LogP) is 17.3. The van der Waals surface area contributed by atoms with Gasteiger partial charge in [0.15, 0.2) is 0 Å². The molecule has 8 aromatic carbocycles. The highest BCUT2D eigenvalue weighted by Gasteiger charge is 2.33. The number of aromatic nitrogens is 2. The van der Waals surface area contributed by atoms with Gasteiger partial charge in [0, 0.05) is 61.2 Å². The van der Waals surface area contributed by atoms with Gasteiger partial charge in [0.1, 0.15) is 11.2 Å². The lowest BCUT2D eigenvalue weighted by Crippen LogP contribution is -2.25. The molecule has 4 nitrogen and oxygen atoms in total. The summed E-state index contributed by atoms with van der Waals surface area (Å²) < 4.78 is 11.5. The second kappa shape index (κ2) is 16.7. The summed E-state index contributed by atoms with van der Waals surface area (Å²) >= 11 is 0. The van der Waals surface area contributed by atoms with Crippen LogP contribution in [0.4, 0.5) is 0 Å². The Balaban J connectivity index is 1.00. The summed E-state index contributed by atoms with van der Waals surface area (Å²) in [5.41, 5.74) is 16.4. The lowest BCUT2D eigenvalue weighted by molar-refractivity contribution is 0.389. The number of para-hydroxylation sites is 4. The van der Waals surface area contributed by atoms with Crippen LogP contribution in [0.5, 0.6) is 0 Å². The van der Waals surface area contributed by atoms with Crippen molar-refractivity contribution in [2.24, 2.45) is 22.7 Å².